The number of aromatic amines is 2. The highest BCUT2D eigenvalue weighted by molar-refractivity contribution is 6.05. The van der Waals surface area contributed by atoms with Crippen molar-refractivity contribution in [2.24, 2.45) is 11.8 Å². The molecule has 0 spiro atoms. The number of aliphatic hydroxyl groups excluding tert-OH is 1. The number of fused-ring (bicyclic) bond motifs is 14. The summed E-state index contributed by atoms with van der Waals surface area (Å²) in [7, 11) is 0. The molecule has 5 aromatic rings. The fraction of sp³-hybridized carbons (Fsp3) is 0.396. The van der Waals surface area contributed by atoms with Crippen molar-refractivity contribution in [1.82, 2.24) is 9.97 Å². The molecule has 0 unspecified atom stereocenters. The molecule has 10 nitrogen and oxygen atoms in total. The third-order valence-corrected chi connectivity index (χ3v) is 14.7. The van der Waals surface area contributed by atoms with Crippen molar-refractivity contribution < 1.29 is 34.8 Å². The van der Waals surface area contributed by atoms with Crippen LogP contribution in [0.15, 0.2) is 90.8 Å². The molecule has 63 heavy (non-hydrogen) atoms. The smallest absolute Gasteiger partial charge is 0.161 e. The molecule has 0 saturated heterocycles. The number of hydrogen-bond donors (Lipinski definition) is 7. The Labute approximate surface area is 368 Å². The Morgan fingerprint density at radius 3 is 2.51 bits per heavy atom. The minimum absolute atomic E-state index is 0.0145. The summed E-state index contributed by atoms with van der Waals surface area (Å²) in [5, 5.41) is 49.4. The standard InChI is InChI=1S/C53H57N3O7/c57-24-19-41-47(59)14-11-32-27-35(50(60)48(28-32)63-36-8-1-2-9-36)26-31-5-3-7-34(25-31)37-12-13-44(56-52-40(37)18-23-55-52)42-29-45-39(17-22-54-45)43(49(42)51(41)61)30-53(62)20-15-33-6-4-10-46(58)38(33)16-21-53/h3-7,10,16-18,21-23,25,27-29,36-37,41,43-44,49,54-58,60,62H,1-2,8-9,11-15,19-20,24,26,30H2/t37-,41-,43+,44+,49-,53+/m0/s1. The van der Waals surface area contributed by atoms with E-state index in [9.17, 15) is 25.2 Å². The zero-order valence-corrected chi connectivity index (χ0v) is 35.6. The highest BCUT2D eigenvalue weighted by atomic mass is 16.5. The number of hydrogen-bond acceptors (Lipinski definition) is 8. The molecule has 6 atom stereocenters. The van der Waals surface area contributed by atoms with Gasteiger partial charge in [-0.3, -0.25) is 9.59 Å². The van der Waals surface area contributed by atoms with Gasteiger partial charge in [0.1, 0.15) is 17.4 Å². The van der Waals surface area contributed by atoms with Gasteiger partial charge in [-0.15, -0.1) is 0 Å². The van der Waals surface area contributed by atoms with Gasteiger partial charge in [0.05, 0.1) is 17.6 Å². The molecule has 326 valence electrons. The number of phenols is 2. The van der Waals surface area contributed by atoms with Gasteiger partial charge in [-0.25, -0.2) is 0 Å². The molecule has 5 aliphatic rings. The monoisotopic (exact) mass is 847 g/mol. The maximum absolute atomic E-state index is 15.7. The molecular formula is C53H57N3O7. The van der Waals surface area contributed by atoms with Gasteiger partial charge in [0, 0.05) is 78.0 Å². The highest BCUT2D eigenvalue weighted by Gasteiger charge is 2.47. The number of aliphatic hydroxyl groups is 2. The zero-order chi connectivity index (χ0) is 43.2. The summed E-state index contributed by atoms with van der Waals surface area (Å²) in [6, 6.07) is 21.7. The number of Topliss-reactive ketones (excluding diaryl/α,β-unsaturated/α-hetero) is 2. The van der Waals surface area contributed by atoms with Gasteiger partial charge in [0.15, 0.2) is 17.3 Å². The molecule has 0 radical (unpaired) electrons. The van der Waals surface area contributed by atoms with Crippen LogP contribution in [-0.4, -0.2) is 66.3 Å². The van der Waals surface area contributed by atoms with Crippen molar-refractivity contribution in [1.29, 1.82) is 0 Å². The Morgan fingerprint density at radius 1 is 0.825 bits per heavy atom. The number of benzene rings is 3. The molecular weight excluding hydrogens is 791 g/mol. The first-order valence-electron chi connectivity index (χ1n) is 23.0. The number of phenolic OH excluding ortho intramolecular Hbond substituents is 2. The normalized spacial score (nSPS) is 25.9. The van der Waals surface area contributed by atoms with E-state index in [4.69, 9.17) is 4.74 Å². The summed E-state index contributed by atoms with van der Waals surface area (Å²) in [4.78, 5) is 37.3. The molecule has 2 aromatic heterocycles. The number of ether oxygens (including phenoxy) is 1. The fourth-order valence-electron chi connectivity index (χ4n) is 11.5. The predicted octanol–water partition coefficient (Wildman–Crippen LogP) is 9.03. The van der Waals surface area contributed by atoms with Gasteiger partial charge in [-0.2, -0.15) is 0 Å². The second-order valence-electron chi connectivity index (χ2n) is 18.7. The Balaban J connectivity index is 1.09. The highest BCUT2D eigenvalue weighted by Crippen LogP contribution is 2.50. The first-order valence-corrected chi connectivity index (χ1v) is 23.0. The van der Waals surface area contributed by atoms with Crippen LogP contribution in [0.2, 0.25) is 0 Å². The SMILES string of the molecule is O=C1CCc2cc(c(O)c(OC3CCCC3)c2)Cc2cccc(c2)[C@@H]2CC[C@@H](Nc3[nH]ccc32)C2=Cc3[nH]ccc3[C@@H](C[C@]3(O)C=Cc4c(O)cccc4CC3)[C@H]2C(=O)[C@H]1CCO. The number of H-pyrrole nitrogens is 2. The van der Waals surface area contributed by atoms with Crippen LogP contribution in [-0.2, 0) is 28.9 Å². The van der Waals surface area contributed by atoms with Crippen molar-refractivity contribution >= 4 is 29.5 Å². The molecule has 3 aromatic carbocycles. The second-order valence-corrected chi connectivity index (χ2v) is 18.7. The molecule has 10 heteroatoms. The second kappa shape index (κ2) is 17.0. The summed E-state index contributed by atoms with van der Waals surface area (Å²) in [5.41, 5.74) is 7.81. The largest absolute Gasteiger partial charge is 0.507 e. The van der Waals surface area contributed by atoms with Gasteiger partial charge >= 0.3 is 0 Å². The molecule has 7 N–H and O–H groups in total. The number of carbonyl (C=O) groups excluding carboxylic acids is 2. The fourth-order valence-corrected chi connectivity index (χ4v) is 11.5. The van der Waals surface area contributed by atoms with E-state index in [1.165, 1.54) is 0 Å². The number of aryl methyl sites for hydroxylation is 2. The lowest BCUT2D eigenvalue weighted by Gasteiger charge is -2.40. The van der Waals surface area contributed by atoms with Crippen LogP contribution >= 0.6 is 0 Å². The molecule has 10 rings (SSSR count). The van der Waals surface area contributed by atoms with Crippen LogP contribution < -0.4 is 10.1 Å². The van der Waals surface area contributed by atoms with Gasteiger partial charge in [0.2, 0.25) is 0 Å². The minimum atomic E-state index is -1.34. The maximum Gasteiger partial charge on any atom is 0.161 e. The van der Waals surface area contributed by atoms with Crippen molar-refractivity contribution in [2.45, 2.75) is 113 Å². The van der Waals surface area contributed by atoms with Crippen LogP contribution in [0.25, 0.3) is 12.2 Å². The van der Waals surface area contributed by atoms with Gasteiger partial charge in [-0.05, 0) is 134 Å². The minimum Gasteiger partial charge on any atom is -0.507 e. The van der Waals surface area contributed by atoms with E-state index in [0.717, 1.165) is 88.1 Å². The number of nitrogens with one attached hydrogen (secondary N) is 3. The molecule has 6 bridgehead atoms. The summed E-state index contributed by atoms with van der Waals surface area (Å²) in [5.74, 6) is -1.29. The van der Waals surface area contributed by atoms with E-state index in [-0.39, 0.29) is 67.0 Å². The van der Waals surface area contributed by atoms with Crippen LogP contribution in [0.1, 0.15) is 126 Å². The predicted molar refractivity (Wildman–Crippen MR) is 243 cm³/mol. The quantitative estimate of drug-likeness (QED) is 0.0832. The Morgan fingerprint density at radius 2 is 1.65 bits per heavy atom. The van der Waals surface area contributed by atoms with Crippen LogP contribution in [0.3, 0.4) is 0 Å². The lowest BCUT2D eigenvalue weighted by molar-refractivity contribution is -0.136. The number of rotatable bonds is 6. The summed E-state index contributed by atoms with van der Waals surface area (Å²) in [6.07, 6.45) is 16.9. The Kier molecular flexibility index (Phi) is 11.1. The number of aromatic hydroxyl groups is 2. The van der Waals surface area contributed by atoms with E-state index in [2.05, 4.69) is 51.7 Å². The van der Waals surface area contributed by atoms with E-state index < -0.39 is 23.4 Å². The maximum atomic E-state index is 15.7. The van der Waals surface area contributed by atoms with Crippen LogP contribution in [0, 0.1) is 11.8 Å². The zero-order valence-electron chi connectivity index (χ0n) is 35.6. The van der Waals surface area contributed by atoms with Crippen LogP contribution in [0.4, 0.5) is 5.82 Å². The van der Waals surface area contributed by atoms with Gasteiger partial charge in [-0.1, -0.05) is 54.6 Å². The van der Waals surface area contributed by atoms with E-state index in [0.29, 0.717) is 43.4 Å². The van der Waals surface area contributed by atoms with Crippen molar-refractivity contribution in [3.63, 3.8) is 0 Å². The number of aromatic nitrogens is 2. The topological polar surface area (TPSA) is 168 Å². The van der Waals surface area contributed by atoms with Crippen LogP contribution in [0.5, 0.6) is 17.2 Å². The molecule has 1 saturated carbocycles. The van der Waals surface area contributed by atoms with Crippen molar-refractivity contribution in [3.05, 3.63) is 141 Å². The molecule has 4 aliphatic carbocycles. The number of anilines is 1. The molecule has 0 amide bonds. The van der Waals surface area contributed by atoms with E-state index in [1.54, 1.807) is 18.2 Å². The lowest BCUT2D eigenvalue weighted by atomic mass is 9.65. The lowest BCUT2D eigenvalue weighted by Crippen LogP contribution is -2.43. The first-order chi connectivity index (χ1) is 30.6. The first kappa shape index (κ1) is 41.2. The van der Waals surface area contributed by atoms with Gasteiger partial charge < -0.3 is 40.4 Å². The summed E-state index contributed by atoms with van der Waals surface area (Å²) in [6.45, 7) is -0.335. The molecule has 1 aliphatic heterocycles. The Bertz CT molecular complexity index is 2600. The molecule has 3 heterocycles. The summed E-state index contributed by atoms with van der Waals surface area (Å²) < 4.78 is 6.46. The average Bonchev–Trinajstić information content (AvgIpc) is 4.04. The van der Waals surface area contributed by atoms with Gasteiger partial charge in [0.25, 0.3) is 0 Å². The Hall–Kier alpha value is -5.84. The van der Waals surface area contributed by atoms with E-state index in [1.807, 2.05) is 42.7 Å². The van der Waals surface area contributed by atoms with E-state index >= 15 is 4.79 Å². The van der Waals surface area contributed by atoms with Crippen molar-refractivity contribution in [2.75, 3.05) is 11.9 Å². The third-order valence-electron chi connectivity index (χ3n) is 14.7. The summed E-state index contributed by atoms with van der Waals surface area (Å²) >= 11 is 0. The van der Waals surface area contributed by atoms with Crippen molar-refractivity contribution in [3.8, 4) is 17.2 Å². The number of ketones is 2. The average molecular weight is 848 g/mol. The molecule has 1 fully saturated rings. The number of carbonyl (C=O) groups is 2. The third kappa shape index (κ3) is 8.04.